The molecule has 2 aromatic carbocycles. The van der Waals surface area contributed by atoms with Gasteiger partial charge in [0.05, 0.1) is 42.6 Å². The molecule has 146 valence electrons. The summed E-state index contributed by atoms with van der Waals surface area (Å²) in [5.74, 6) is 0.00214. The summed E-state index contributed by atoms with van der Waals surface area (Å²) in [6.07, 6.45) is 0. The first-order valence-electron chi connectivity index (χ1n) is 8.98. The summed E-state index contributed by atoms with van der Waals surface area (Å²) in [7, 11) is 0. The number of nitrogens with zero attached hydrogens (tertiary/aromatic N) is 2. The van der Waals surface area contributed by atoms with Crippen LogP contribution < -0.4 is 24.4 Å². The topological polar surface area (TPSA) is 109 Å². The number of hydrogen-bond donors (Lipinski definition) is 1. The lowest BCUT2D eigenvalue weighted by Crippen LogP contribution is -3.13. The van der Waals surface area contributed by atoms with E-state index in [0.717, 1.165) is 44.2 Å². The molecule has 0 saturated carbocycles. The molecule has 2 aliphatic rings. The lowest BCUT2D eigenvalue weighted by Gasteiger charge is -2.34. The van der Waals surface area contributed by atoms with Gasteiger partial charge in [-0.2, -0.15) is 0 Å². The monoisotopic (exact) mass is 385 g/mol. The molecule has 0 atom stereocenters. The number of nitrogens with one attached hydrogen (secondary N) is 1. The summed E-state index contributed by atoms with van der Waals surface area (Å²) in [6.45, 7) is 4.30. The molecule has 9 nitrogen and oxygen atoms in total. The molecule has 2 aromatic rings. The third-order valence-electron chi connectivity index (χ3n) is 5.12. The molecule has 0 unspecified atom stereocenters. The van der Waals surface area contributed by atoms with Crippen molar-refractivity contribution in [3.05, 3.63) is 57.6 Å². The highest BCUT2D eigenvalue weighted by molar-refractivity contribution is 5.92. The predicted octanol–water partition coefficient (Wildman–Crippen LogP) is -0.408. The van der Waals surface area contributed by atoms with Gasteiger partial charge in [-0.25, -0.2) is 0 Å². The lowest BCUT2D eigenvalue weighted by molar-refractivity contribution is -0.914. The largest absolute Gasteiger partial charge is 0.545 e. The molecule has 4 rings (SSSR count). The van der Waals surface area contributed by atoms with Gasteiger partial charge < -0.3 is 29.2 Å². The van der Waals surface area contributed by atoms with Crippen molar-refractivity contribution in [3.8, 4) is 11.5 Å². The molecule has 2 heterocycles. The van der Waals surface area contributed by atoms with Crippen LogP contribution in [0.1, 0.15) is 15.9 Å². The Morgan fingerprint density at radius 3 is 2.57 bits per heavy atom. The zero-order valence-electron chi connectivity index (χ0n) is 15.1. The number of ether oxygens (including phenoxy) is 2. The van der Waals surface area contributed by atoms with Crippen molar-refractivity contribution in [3.63, 3.8) is 0 Å². The first-order valence-corrected chi connectivity index (χ1v) is 8.98. The minimum Gasteiger partial charge on any atom is -0.545 e. The molecule has 2 aliphatic heterocycles. The van der Waals surface area contributed by atoms with Crippen LogP contribution in [0, 0.1) is 10.1 Å². The van der Waals surface area contributed by atoms with Gasteiger partial charge in [0.2, 0.25) is 6.79 Å². The van der Waals surface area contributed by atoms with Crippen molar-refractivity contribution < 1.29 is 29.2 Å². The van der Waals surface area contributed by atoms with Crippen molar-refractivity contribution in [2.75, 3.05) is 37.9 Å². The van der Waals surface area contributed by atoms with Crippen LogP contribution in [0.3, 0.4) is 0 Å². The Balaban J connectivity index is 1.41. The third kappa shape index (κ3) is 3.56. The highest BCUT2D eigenvalue weighted by Gasteiger charge is 2.23. The molecule has 1 fully saturated rings. The van der Waals surface area contributed by atoms with Gasteiger partial charge in [-0.3, -0.25) is 10.1 Å². The third-order valence-corrected chi connectivity index (χ3v) is 5.12. The summed E-state index contributed by atoms with van der Waals surface area (Å²) >= 11 is 0. The standard InChI is InChI=1S/C19H19N3O6/c23-19(24)15-10-14(2-3-16(15)22(25)26)21-7-5-20(6-8-21)11-13-1-4-17-18(9-13)28-12-27-17/h1-4,9-10H,5-8,11-12H2,(H,23,24). The van der Waals surface area contributed by atoms with Crippen molar-refractivity contribution in [1.29, 1.82) is 0 Å². The van der Waals surface area contributed by atoms with Crippen molar-refractivity contribution in [2.45, 2.75) is 6.54 Å². The normalized spacial score (nSPS) is 16.2. The zero-order valence-corrected chi connectivity index (χ0v) is 15.1. The molecule has 1 N–H and O–H groups in total. The van der Waals surface area contributed by atoms with E-state index in [9.17, 15) is 20.0 Å². The van der Waals surface area contributed by atoms with Crippen LogP contribution in [-0.4, -0.2) is 43.9 Å². The number of carbonyl (C=O) groups excluding carboxylic acids is 1. The number of carboxylic acid groups (broad SMARTS) is 1. The van der Waals surface area contributed by atoms with Crippen molar-refractivity contribution in [1.82, 2.24) is 0 Å². The minimum absolute atomic E-state index is 0.257. The summed E-state index contributed by atoms with van der Waals surface area (Å²) < 4.78 is 10.8. The summed E-state index contributed by atoms with van der Waals surface area (Å²) in [5.41, 5.74) is 0.989. The summed E-state index contributed by atoms with van der Waals surface area (Å²) in [5, 5.41) is 22.2. The Hall–Kier alpha value is -3.33. The molecule has 0 bridgehead atoms. The van der Waals surface area contributed by atoms with E-state index in [1.165, 1.54) is 22.6 Å². The Labute approximate surface area is 160 Å². The van der Waals surface area contributed by atoms with Crippen LogP contribution >= 0.6 is 0 Å². The molecule has 9 heteroatoms. The molecule has 0 spiro atoms. The second-order valence-electron chi connectivity index (χ2n) is 6.85. The molecule has 0 amide bonds. The number of carboxylic acids is 1. The number of nitro groups is 1. The SMILES string of the molecule is O=C([O-])c1cc(N2CC[NH+](Cc3ccc4c(c3)OCO4)CC2)ccc1[N+](=O)[O-]. The van der Waals surface area contributed by atoms with E-state index in [1.54, 1.807) is 6.07 Å². The van der Waals surface area contributed by atoms with Gasteiger partial charge in [-0.15, -0.1) is 0 Å². The quantitative estimate of drug-likeness (QED) is 0.551. The van der Waals surface area contributed by atoms with Gasteiger partial charge in [0.25, 0.3) is 5.69 Å². The summed E-state index contributed by atoms with van der Waals surface area (Å²) in [6, 6.07) is 10.1. The average molecular weight is 385 g/mol. The van der Waals surface area contributed by atoms with Gasteiger partial charge in [0, 0.05) is 17.3 Å². The summed E-state index contributed by atoms with van der Waals surface area (Å²) in [4.78, 5) is 25.0. The van der Waals surface area contributed by atoms with Crippen LogP contribution in [0.4, 0.5) is 11.4 Å². The minimum atomic E-state index is -1.54. The number of fused-ring (bicyclic) bond motifs is 1. The fourth-order valence-corrected chi connectivity index (χ4v) is 3.64. The fourth-order valence-electron chi connectivity index (χ4n) is 3.64. The van der Waals surface area contributed by atoms with Crippen LogP contribution in [0.5, 0.6) is 11.5 Å². The van der Waals surface area contributed by atoms with Crippen LogP contribution in [0.15, 0.2) is 36.4 Å². The van der Waals surface area contributed by atoms with Gasteiger partial charge in [0.15, 0.2) is 11.5 Å². The highest BCUT2D eigenvalue weighted by Crippen LogP contribution is 2.32. The van der Waals surface area contributed by atoms with E-state index >= 15 is 0 Å². The molecule has 1 saturated heterocycles. The number of carbonyl (C=O) groups is 1. The van der Waals surface area contributed by atoms with E-state index in [1.807, 2.05) is 23.1 Å². The maximum absolute atomic E-state index is 11.2. The first kappa shape index (κ1) is 18.1. The Morgan fingerprint density at radius 2 is 1.86 bits per heavy atom. The molecule has 28 heavy (non-hydrogen) atoms. The van der Waals surface area contributed by atoms with E-state index in [-0.39, 0.29) is 6.79 Å². The van der Waals surface area contributed by atoms with E-state index < -0.39 is 22.1 Å². The number of aromatic carboxylic acids is 1. The molecular weight excluding hydrogens is 366 g/mol. The highest BCUT2D eigenvalue weighted by atomic mass is 16.7. The Morgan fingerprint density at radius 1 is 1.11 bits per heavy atom. The number of hydrogen-bond acceptors (Lipinski definition) is 7. The molecule has 0 aliphatic carbocycles. The average Bonchev–Trinajstić information content (AvgIpc) is 3.16. The zero-order chi connectivity index (χ0) is 19.7. The van der Waals surface area contributed by atoms with Gasteiger partial charge in [-0.05, 0) is 30.3 Å². The van der Waals surface area contributed by atoms with Crippen molar-refractivity contribution in [2.24, 2.45) is 0 Å². The molecule has 0 aromatic heterocycles. The van der Waals surface area contributed by atoms with Crippen LogP contribution in [-0.2, 0) is 6.54 Å². The van der Waals surface area contributed by atoms with Gasteiger partial charge >= 0.3 is 0 Å². The Bertz CT molecular complexity index is 924. The second kappa shape index (κ2) is 7.35. The van der Waals surface area contributed by atoms with Crippen LogP contribution in [0.25, 0.3) is 0 Å². The predicted molar refractivity (Wildman–Crippen MR) is 96.6 cm³/mol. The van der Waals surface area contributed by atoms with Gasteiger partial charge in [-0.1, -0.05) is 0 Å². The van der Waals surface area contributed by atoms with E-state index in [2.05, 4.69) is 0 Å². The number of anilines is 1. The van der Waals surface area contributed by atoms with Crippen molar-refractivity contribution >= 4 is 17.3 Å². The maximum Gasteiger partial charge on any atom is 0.278 e. The number of rotatable bonds is 5. The lowest BCUT2D eigenvalue weighted by atomic mass is 10.1. The Kier molecular flexibility index (Phi) is 4.74. The molecular formula is C19H19N3O6. The van der Waals surface area contributed by atoms with Gasteiger partial charge in [0.1, 0.15) is 6.54 Å². The van der Waals surface area contributed by atoms with Crippen LogP contribution in [0.2, 0.25) is 0 Å². The maximum atomic E-state index is 11.2. The number of nitro benzene ring substituents is 1. The van der Waals surface area contributed by atoms with E-state index in [0.29, 0.717) is 5.69 Å². The second-order valence-corrected chi connectivity index (χ2v) is 6.85. The number of quaternary nitrogens is 1. The number of benzene rings is 2. The fraction of sp³-hybridized carbons (Fsp3) is 0.316. The first-order chi connectivity index (χ1) is 13.5. The smallest absolute Gasteiger partial charge is 0.278 e. The molecule has 0 radical (unpaired) electrons. The van der Waals surface area contributed by atoms with E-state index in [4.69, 9.17) is 9.47 Å². The number of piperazine rings is 1.